The number of rotatable bonds is 2. The van der Waals surface area contributed by atoms with Gasteiger partial charge in [0.25, 0.3) is 0 Å². The largest absolute Gasteiger partial charge is 0.465 e. The van der Waals surface area contributed by atoms with Crippen LogP contribution in [0.4, 0.5) is 4.39 Å². The molecule has 1 aliphatic carbocycles. The van der Waals surface area contributed by atoms with E-state index in [9.17, 15) is 9.18 Å². The van der Waals surface area contributed by atoms with Crippen molar-refractivity contribution in [3.05, 3.63) is 0 Å². The molecule has 2 atom stereocenters. The second kappa shape index (κ2) is 3.19. The molecule has 2 unspecified atom stereocenters. The van der Waals surface area contributed by atoms with E-state index in [1.807, 2.05) is 0 Å². The van der Waals surface area contributed by atoms with Crippen LogP contribution in [0.2, 0.25) is 0 Å². The van der Waals surface area contributed by atoms with Crippen LogP contribution in [0.5, 0.6) is 0 Å². The molecule has 4 heteroatoms. The molecular weight excluding hydrogens is 185 g/mol. The maximum atomic E-state index is 14.4. The van der Waals surface area contributed by atoms with Gasteiger partial charge in [0, 0.05) is 13.1 Å². The summed E-state index contributed by atoms with van der Waals surface area (Å²) >= 11 is 0. The molecule has 2 fully saturated rings. The fraction of sp³-hybridized carbons (Fsp3) is 0.900. The first-order valence-electron chi connectivity index (χ1n) is 5.21. The van der Waals surface area contributed by atoms with Crippen LogP contribution in [0.1, 0.15) is 26.2 Å². The fourth-order valence-corrected chi connectivity index (χ4v) is 2.74. The number of ether oxygens (including phenoxy) is 1. The summed E-state index contributed by atoms with van der Waals surface area (Å²) in [5, 5.41) is 2.97. The van der Waals surface area contributed by atoms with Crippen molar-refractivity contribution in [3.63, 3.8) is 0 Å². The highest BCUT2D eigenvalue weighted by molar-refractivity contribution is 5.80. The van der Waals surface area contributed by atoms with E-state index in [0.29, 0.717) is 32.5 Å². The summed E-state index contributed by atoms with van der Waals surface area (Å²) in [5.41, 5.74) is -2.25. The maximum absolute atomic E-state index is 14.4. The van der Waals surface area contributed by atoms with Gasteiger partial charge < -0.3 is 10.1 Å². The van der Waals surface area contributed by atoms with Crippen molar-refractivity contribution < 1.29 is 13.9 Å². The highest BCUT2D eigenvalue weighted by Gasteiger charge is 2.64. The van der Waals surface area contributed by atoms with Crippen molar-refractivity contribution in [1.29, 1.82) is 0 Å². The van der Waals surface area contributed by atoms with E-state index < -0.39 is 11.1 Å². The summed E-state index contributed by atoms with van der Waals surface area (Å²) in [6.45, 7) is 2.82. The summed E-state index contributed by atoms with van der Waals surface area (Å²) in [6, 6.07) is 0. The molecule has 1 heterocycles. The van der Waals surface area contributed by atoms with Gasteiger partial charge in [-0.3, -0.25) is 4.79 Å². The minimum absolute atomic E-state index is 0.297. The van der Waals surface area contributed by atoms with Gasteiger partial charge in [-0.15, -0.1) is 0 Å². The van der Waals surface area contributed by atoms with E-state index in [2.05, 4.69) is 5.32 Å². The molecule has 14 heavy (non-hydrogen) atoms. The van der Waals surface area contributed by atoms with Crippen LogP contribution >= 0.6 is 0 Å². The molecule has 1 saturated carbocycles. The zero-order chi connectivity index (χ0) is 10.2. The molecule has 1 saturated heterocycles. The molecule has 1 aliphatic heterocycles. The van der Waals surface area contributed by atoms with Crippen LogP contribution in [0.3, 0.4) is 0 Å². The maximum Gasteiger partial charge on any atom is 0.316 e. The first-order chi connectivity index (χ1) is 6.65. The molecule has 80 valence electrons. The Morgan fingerprint density at radius 2 is 2.29 bits per heavy atom. The second-order valence-corrected chi connectivity index (χ2v) is 4.22. The van der Waals surface area contributed by atoms with Crippen molar-refractivity contribution in [2.45, 2.75) is 31.9 Å². The monoisotopic (exact) mass is 201 g/mol. The zero-order valence-electron chi connectivity index (χ0n) is 8.44. The van der Waals surface area contributed by atoms with E-state index in [1.54, 1.807) is 6.92 Å². The third kappa shape index (κ3) is 1.10. The van der Waals surface area contributed by atoms with Gasteiger partial charge in [-0.2, -0.15) is 0 Å². The minimum atomic E-state index is -1.36. The summed E-state index contributed by atoms with van der Waals surface area (Å²) in [4.78, 5) is 11.8. The van der Waals surface area contributed by atoms with Gasteiger partial charge in [-0.1, -0.05) is 0 Å². The molecule has 0 aromatic heterocycles. The Labute approximate surface area is 83.0 Å². The molecule has 2 rings (SSSR count). The van der Waals surface area contributed by atoms with Crippen molar-refractivity contribution >= 4 is 5.97 Å². The van der Waals surface area contributed by atoms with Gasteiger partial charge in [-0.05, 0) is 26.2 Å². The van der Waals surface area contributed by atoms with Gasteiger partial charge in [-0.25, -0.2) is 4.39 Å². The van der Waals surface area contributed by atoms with Gasteiger partial charge in [0.15, 0.2) is 0 Å². The average molecular weight is 201 g/mol. The van der Waals surface area contributed by atoms with Crippen molar-refractivity contribution in [1.82, 2.24) is 5.32 Å². The van der Waals surface area contributed by atoms with Gasteiger partial charge in [0.2, 0.25) is 0 Å². The first-order valence-corrected chi connectivity index (χ1v) is 5.21. The number of hydrogen-bond acceptors (Lipinski definition) is 3. The number of nitrogens with one attached hydrogen (secondary N) is 1. The van der Waals surface area contributed by atoms with Crippen molar-refractivity contribution in [3.8, 4) is 0 Å². The standard InChI is InChI=1S/C10H16FNO2/c1-2-14-8(13)9-4-3-5-10(9,11)7-12-6-9/h12H,2-7H2,1H3. The summed E-state index contributed by atoms with van der Waals surface area (Å²) in [5.74, 6) is -0.356. The lowest BCUT2D eigenvalue weighted by molar-refractivity contribution is -0.160. The highest BCUT2D eigenvalue weighted by Crippen LogP contribution is 2.52. The molecule has 0 amide bonds. The quantitative estimate of drug-likeness (QED) is 0.678. The van der Waals surface area contributed by atoms with Gasteiger partial charge in [0.1, 0.15) is 11.1 Å². The molecule has 0 spiro atoms. The Morgan fingerprint density at radius 1 is 1.50 bits per heavy atom. The predicted octanol–water partition coefficient (Wildman–Crippen LogP) is 1.03. The van der Waals surface area contributed by atoms with Crippen LogP contribution in [0.25, 0.3) is 0 Å². The van der Waals surface area contributed by atoms with Crippen molar-refractivity contribution in [2.75, 3.05) is 19.7 Å². The average Bonchev–Trinajstić information content (AvgIpc) is 2.58. The van der Waals surface area contributed by atoms with Crippen LogP contribution in [-0.2, 0) is 9.53 Å². The lowest BCUT2D eigenvalue weighted by atomic mass is 9.78. The van der Waals surface area contributed by atoms with E-state index in [4.69, 9.17) is 4.74 Å². The molecule has 1 N–H and O–H groups in total. The Bertz CT molecular complexity index is 245. The smallest absolute Gasteiger partial charge is 0.316 e. The molecule has 0 radical (unpaired) electrons. The number of carbonyl (C=O) groups excluding carboxylic acids is 1. The molecule has 2 aliphatic rings. The fourth-order valence-electron chi connectivity index (χ4n) is 2.74. The molecule has 0 aromatic rings. The number of fused-ring (bicyclic) bond motifs is 1. The Morgan fingerprint density at radius 3 is 3.00 bits per heavy atom. The van der Waals surface area contributed by atoms with Gasteiger partial charge in [0.05, 0.1) is 6.61 Å². The SMILES string of the molecule is CCOC(=O)C12CCCC1(F)CNC2. The molecule has 0 bridgehead atoms. The minimum Gasteiger partial charge on any atom is -0.465 e. The number of hydrogen-bond donors (Lipinski definition) is 1. The second-order valence-electron chi connectivity index (χ2n) is 4.22. The van der Waals surface area contributed by atoms with E-state index >= 15 is 0 Å². The number of halogens is 1. The number of esters is 1. The lowest BCUT2D eigenvalue weighted by Gasteiger charge is -2.30. The van der Waals surface area contributed by atoms with E-state index in [-0.39, 0.29) is 5.97 Å². The third-order valence-corrected chi connectivity index (χ3v) is 3.53. The Hall–Kier alpha value is -0.640. The van der Waals surface area contributed by atoms with Crippen LogP contribution in [-0.4, -0.2) is 31.3 Å². The van der Waals surface area contributed by atoms with E-state index in [0.717, 1.165) is 6.42 Å². The Balaban J connectivity index is 2.24. The summed E-state index contributed by atoms with van der Waals surface area (Å²) in [6.07, 6.45) is 1.89. The molecule has 0 aromatic carbocycles. The predicted molar refractivity (Wildman–Crippen MR) is 49.6 cm³/mol. The van der Waals surface area contributed by atoms with Gasteiger partial charge >= 0.3 is 5.97 Å². The summed E-state index contributed by atoms with van der Waals surface area (Å²) in [7, 11) is 0. The lowest BCUT2D eigenvalue weighted by Crippen LogP contribution is -2.46. The number of alkyl halides is 1. The normalized spacial score (nSPS) is 41.0. The van der Waals surface area contributed by atoms with Crippen LogP contribution in [0, 0.1) is 5.41 Å². The topological polar surface area (TPSA) is 38.3 Å². The van der Waals surface area contributed by atoms with E-state index in [1.165, 1.54) is 0 Å². The Kier molecular flexibility index (Phi) is 2.26. The third-order valence-electron chi connectivity index (χ3n) is 3.53. The molecule has 3 nitrogen and oxygen atoms in total. The first kappa shape index (κ1) is 9.90. The number of carbonyl (C=O) groups is 1. The van der Waals surface area contributed by atoms with Crippen LogP contribution in [0.15, 0.2) is 0 Å². The highest BCUT2D eigenvalue weighted by atomic mass is 19.1. The van der Waals surface area contributed by atoms with Crippen LogP contribution < -0.4 is 5.32 Å². The summed E-state index contributed by atoms with van der Waals surface area (Å²) < 4.78 is 19.3. The van der Waals surface area contributed by atoms with Crippen molar-refractivity contribution in [2.24, 2.45) is 5.41 Å². The molecular formula is C10H16FNO2. The zero-order valence-corrected chi connectivity index (χ0v) is 8.44.